The summed E-state index contributed by atoms with van der Waals surface area (Å²) in [6.45, 7) is 0. The van der Waals surface area contributed by atoms with Crippen LogP contribution in [0.3, 0.4) is 0 Å². The minimum absolute atomic E-state index is 0.303. The van der Waals surface area contributed by atoms with Gasteiger partial charge >= 0.3 is 5.97 Å². The molecule has 0 fully saturated rings. The molecule has 0 aliphatic carbocycles. The third-order valence-electron chi connectivity index (χ3n) is 3.76. The van der Waals surface area contributed by atoms with Crippen molar-refractivity contribution in [2.45, 2.75) is 6.42 Å². The van der Waals surface area contributed by atoms with Gasteiger partial charge in [0.1, 0.15) is 5.82 Å². The Hall–Kier alpha value is -3.48. The number of esters is 1. The van der Waals surface area contributed by atoms with Gasteiger partial charge in [-0.2, -0.15) is 0 Å². The first-order chi connectivity index (χ1) is 12.0. The molecule has 0 saturated carbocycles. The van der Waals surface area contributed by atoms with Crippen LogP contribution in [0.1, 0.15) is 32.1 Å². The predicted molar refractivity (Wildman–Crippen MR) is 91.5 cm³/mol. The zero-order valence-electron chi connectivity index (χ0n) is 13.4. The van der Waals surface area contributed by atoms with Gasteiger partial charge in [0.15, 0.2) is 0 Å². The number of hydrogen-bond donors (Lipinski definition) is 2. The molecule has 3 aromatic rings. The number of benzene rings is 2. The molecule has 2 aromatic carbocycles. The number of primary amides is 1. The second kappa shape index (κ2) is 6.56. The SMILES string of the molecule is COC(=O)c1ccc2c(=O)[nH]c(Cc3cccc(C(N)=O)c3)nc2c1. The topological polar surface area (TPSA) is 115 Å². The Morgan fingerprint density at radius 2 is 1.96 bits per heavy atom. The molecule has 7 heteroatoms. The molecule has 0 atom stereocenters. The molecule has 0 aliphatic rings. The number of carbonyl (C=O) groups excluding carboxylic acids is 2. The van der Waals surface area contributed by atoms with E-state index in [-0.39, 0.29) is 5.56 Å². The van der Waals surface area contributed by atoms with Crippen molar-refractivity contribution < 1.29 is 14.3 Å². The fraction of sp³-hybridized carbons (Fsp3) is 0.111. The number of H-pyrrole nitrogens is 1. The smallest absolute Gasteiger partial charge is 0.337 e. The van der Waals surface area contributed by atoms with Crippen molar-refractivity contribution in [3.63, 3.8) is 0 Å². The Morgan fingerprint density at radius 1 is 1.16 bits per heavy atom. The maximum absolute atomic E-state index is 12.2. The Bertz CT molecular complexity index is 1040. The highest BCUT2D eigenvalue weighted by atomic mass is 16.5. The molecule has 3 N–H and O–H groups in total. The molecule has 0 radical (unpaired) electrons. The monoisotopic (exact) mass is 337 g/mol. The number of amides is 1. The van der Waals surface area contributed by atoms with E-state index < -0.39 is 11.9 Å². The van der Waals surface area contributed by atoms with Crippen LogP contribution in [-0.4, -0.2) is 29.0 Å². The second-order valence-electron chi connectivity index (χ2n) is 5.48. The van der Waals surface area contributed by atoms with Crippen molar-refractivity contribution >= 4 is 22.8 Å². The van der Waals surface area contributed by atoms with E-state index in [2.05, 4.69) is 14.7 Å². The van der Waals surface area contributed by atoms with Gasteiger partial charge in [0, 0.05) is 12.0 Å². The average molecular weight is 337 g/mol. The number of nitrogens with one attached hydrogen (secondary N) is 1. The van der Waals surface area contributed by atoms with Crippen LogP contribution in [0, 0.1) is 0 Å². The van der Waals surface area contributed by atoms with Crippen molar-refractivity contribution in [1.29, 1.82) is 0 Å². The zero-order valence-corrected chi connectivity index (χ0v) is 13.4. The van der Waals surface area contributed by atoms with Gasteiger partial charge in [-0.3, -0.25) is 9.59 Å². The van der Waals surface area contributed by atoms with Crippen LogP contribution in [0.4, 0.5) is 0 Å². The normalized spacial score (nSPS) is 10.6. The number of carbonyl (C=O) groups is 2. The number of fused-ring (bicyclic) bond motifs is 1. The number of rotatable bonds is 4. The van der Waals surface area contributed by atoms with Crippen LogP contribution >= 0.6 is 0 Å². The van der Waals surface area contributed by atoms with Crippen molar-refractivity contribution in [3.05, 3.63) is 75.3 Å². The zero-order chi connectivity index (χ0) is 18.0. The number of aromatic nitrogens is 2. The van der Waals surface area contributed by atoms with E-state index >= 15 is 0 Å². The Morgan fingerprint density at radius 3 is 2.68 bits per heavy atom. The maximum atomic E-state index is 12.2. The molecule has 7 nitrogen and oxygen atoms in total. The fourth-order valence-corrected chi connectivity index (χ4v) is 2.54. The highest BCUT2D eigenvalue weighted by molar-refractivity contribution is 5.94. The first-order valence-electron chi connectivity index (χ1n) is 7.48. The van der Waals surface area contributed by atoms with Crippen LogP contribution in [0.25, 0.3) is 10.9 Å². The summed E-state index contributed by atoms with van der Waals surface area (Å²) < 4.78 is 4.68. The van der Waals surface area contributed by atoms with Gasteiger partial charge in [-0.1, -0.05) is 12.1 Å². The first kappa shape index (κ1) is 16.4. The molecular weight excluding hydrogens is 322 g/mol. The van der Waals surface area contributed by atoms with Gasteiger partial charge in [-0.15, -0.1) is 0 Å². The third kappa shape index (κ3) is 3.40. The number of aromatic amines is 1. The molecule has 0 bridgehead atoms. The van der Waals surface area contributed by atoms with Crippen LogP contribution < -0.4 is 11.3 Å². The number of hydrogen-bond acceptors (Lipinski definition) is 5. The number of nitrogens with two attached hydrogens (primary N) is 1. The Labute approximate surface area is 142 Å². The van der Waals surface area contributed by atoms with Gasteiger partial charge in [0.25, 0.3) is 5.56 Å². The van der Waals surface area contributed by atoms with E-state index in [0.717, 1.165) is 5.56 Å². The van der Waals surface area contributed by atoms with E-state index in [1.54, 1.807) is 18.2 Å². The molecule has 3 rings (SSSR count). The molecule has 126 valence electrons. The average Bonchev–Trinajstić information content (AvgIpc) is 2.60. The lowest BCUT2D eigenvalue weighted by atomic mass is 10.1. The van der Waals surface area contributed by atoms with E-state index in [0.29, 0.717) is 34.3 Å². The van der Waals surface area contributed by atoms with E-state index in [4.69, 9.17) is 5.73 Å². The first-order valence-corrected chi connectivity index (χ1v) is 7.48. The van der Waals surface area contributed by atoms with Crippen LogP contribution in [-0.2, 0) is 11.2 Å². The van der Waals surface area contributed by atoms with Crippen molar-refractivity contribution in [2.75, 3.05) is 7.11 Å². The number of nitrogens with zero attached hydrogens (tertiary/aromatic N) is 1. The summed E-state index contributed by atoms with van der Waals surface area (Å²) >= 11 is 0. The molecule has 25 heavy (non-hydrogen) atoms. The van der Waals surface area contributed by atoms with Crippen LogP contribution in [0.15, 0.2) is 47.3 Å². The van der Waals surface area contributed by atoms with E-state index in [9.17, 15) is 14.4 Å². The highest BCUT2D eigenvalue weighted by Crippen LogP contribution is 2.14. The molecule has 1 aromatic heterocycles. The largest absolute Gasteiger partial charge is 0.465 e. The maximum Gasteiger partial charge on any atom is 0.337 e. The Balaban J connectivity index is 2.02. The van der Waals surface area contributed by atoms with Crippen molar-refractivity contribution in [1.82, 2.24) is 9.97 Å². The fourth-order valence-electron chi connectivity index (χ4n) is 2.54. The second-order valence-corrected chi connectivity index (χ2v) is 5.48. The summed E-state index contributed by atoms with van der Waals surface area (Å²) in [6, 6.07) is 11.3. The minimum atomic E-state index is -0.524. The molecule has 0 aliphatic heterocycles. The molecule has 0 spiro atoms. The summed E-state index contributed by atoms with van der Waals surface area (Å²) in [7, 11) is 1.29. The summed E-state index contributed by atoms with van der Waals surface area (Å²) in [5.41, 5.74) is 6.85. The molecule has 0 unspecified atom stereocenters. The van der Waals surface area contributed by atoms with Gasteiger partial charge in [0.2, 0.25) is 5.91 Å². The number of methoxy groups -OCH3 is 1. The molecule has 1 amide bonds. The lowest BCUT2D eigenvalue weighted by molar-refractivity contribution is 0.0600. The van der Waals surface area contributed by atoms with Gasteiger partial charge in [-0.25, -0.2) is 9.78 Å². The molecule has 0 saturated heterocycles. The van der Waals surface area contributed by atoms with Crippen molar-refractivity contribution in [2.24, 2.45) is 5.73 Å². The summed E-state index contributed by atoms with van der Waals surface area (Å²) in [5.74, 6) is -0.606. The lowest BCUT2D eigenvalue weighted by Crippen LogP contribution is -2.14. The lowest BCUT2D eigenvalue weighted by Gasteiger charge is -2.06. The third-order valence-corrected chi connectivity index (χ3v) is 3.76. The van der Waals surface area contributed by atoms with Crippen LogP contribution in [0.5, 0.6) is 0 Å². The standard InChI is InChI=1S/C18H15N3O4/c1-25-18(24)12-5-6-13-14(9-12)20-15(21-17(13)23)8-10-3-2-4-11(7-10)16(19)22/h2-7,9H,8H2,1H3,(H2,19,22)(H,20,21,23). The summed E-state index contributed by atoms with van der Waals surface area (Å²) in [6.07, 6.45) is 0.314. The number of ether oxygens (including phenoxy) is 1. The minimum Gasteiger partial charge on any atom is -0.465 e. The van der Waals surface area contributed by atoms with E-state index in [1.807, 2.05) is 6.07 Å². The van der Waals surface area contributed by atoms with Gasteiger partial charge in [-0.05, 0) is 35.9 Å². The quantitative estimate of drug-likeness (QED) is 0.698. The predicted octanol–water partition coefficient (Wildman–Crippen LogP) is 1.40. The summed E-state index contributed by atoms with van der Waals surface area (Å²) in [4.78, 5) is 42.3. The van der Waals surface area contributed by atoms with Gasteiger partial charge < -0.3 is 15.5 Å². The summed E-state index contributed by atoms with van der Waals surface area (Å²) in [5, 5.41) is 0.377. The highest BCUT2D eigenvalue weighted by Gasteiger charge is 2.10. The van der Waals surface area contributed by atoms with Crippen LogP contribution in [0.2, 0.25) is 0 Å². The van der Waals surface area contributed by atoms with Crippen molar-refractivity contribution in [3.8, 4) is 0 Å². The Kier molecular flexibility index (Phi) is 4.30. The molecular formula is C18H15N3O4. The van der Waals surface area contributed by atoms with E-state index in [1.165, 1.54) is 25.3 Å². The molecule has 1 heterocycles. The van der Waals surface area contributed by atoms with Gasteiger partial charge in [0.05, 0.1) is 23.6 Å².